The Morgan fingerprint density at radius 3 is 1.47 bits per heavy atom. The minimum Gasteiger partial charge on any atom is -0.508 e. The van der Waals surface area contributed by atoms with Crippen molar-refractivity contribution in [3.63, 3.8) is 0 Å². The Morgan fingerprint density at radius 1 is 0.473 bits per heavy atom. The predicted octanol–water partition coefficient (Wildman–Crippen LogP) is 1.04. The molecule has 702 valence electrons. The molecule has 1 fully saturated rings. The standard InChI is InChI=1S/C91H112F3N17O19S/c1-49(2)78-91(130)110(9)72(41-53-20-13-11-14-21-53)86(125)104-70(39-56-29-33-60(113)34-30-56)88(127)108(7)51(4)80(119)101-67(43-58-45-97-64-25-18-17-24-61(58)64)84(123)103-66(38-55-27-31-59(112)32-28-55)83(122)100-65(26-19-35-95)82(121)105-71(81(120)98-46-74(96)114)47-131-48-75(115)99-69(40-57-36-62(92)77(94)63(93)37-57)89(128)111(10)73(42-54-22-15-12-16-23-54)90(129)109(8)52(5)87(126)107(6)50(3)79(118)102-68(44-76(116)117)85(124)106-78/h11-18,20-25,27-34,36-37,45,49-52,65-73,78,97,112-113H,19,26,35,38-44,46-48,95H2,1-10H3,(H2,96,114)(H,98,120)(H,99,115)(H,100,122)(H,101,119)(H,102,118)(H,103,123)(H,104,125)(H,105,121)(H,106,124)(H,116,117)/t50-,51+,52+,65+,66+,67+,68+,69-,70-,71+,72+,73-,78+/m1/s1. The monoisotopic (exact) mass is 1840 g/mol. The molecule has 2 heterocycles. The van der Waals surface area contributed by atoms with E-state index in [0.717, 1.165) is 38.6 Å². The number of carboxylic acids is 1. The van der Waals surface area contributed by atoms with Crippen molar-refractivity contribution in [2.75, 3.05) is 59.8 Å². The summed E-state index contributed by atoms with van der Waals surface area (Å²) in [5.41, 5.74) is 13.7. The van der Waals surface area contributed by atoms with Crippen molar-refractivity contribution in [3.05, 3.63) is 203 Å². The van der Waals surface area contributed by atoms with E-state index in [-0.39, 0.29) is 68.6 Å². The highest BCUT2D eigenvalue weighted by atomic mass is 32.2. The Kier molecular flexibility index (Phi) is 37.5. The summed E-state index contributed by atoms with van der Waals surface area (Å²) in [6.07, 6.45) is -2.11. The number of aliphatic carboxylic acids is 1. The van der Waals surface area contributed by atoms with E-state index in [9.17, 15) is 58.1 Å². The molecule has 1 aliphatic rings. The molecule has 0 radical (unpaired) electrons. The second-order valence-corrected chi connectivity index (χ2v) is 33.5. The van der Waals surface area contributed by atoms with Gasteiger partial charge in [-0.15, -0.1) is 11.8 Å². The van der Waals surface area contributed by atoms with Gasteiger partial charge in [0.15, 0.2) is 17.5 Å². The van der Waals surface area contributed by atoms with Crippen LogP contribution in [0, 0.1) is 23.4 Å². The molecule has 0 bridgehead atoms. The Hall–Kier alpha value is -13.9. The van der Waals surface area contributed by atoms with Crippen molar-refractivity contribution in [2.45, 2.75) is 171 Å². The summed E-state index contributed by atoms with van der Waals surface area (Å²) in [4.78, 5) is 242. The molecule has 15 amide bonds. The summed E-state index contributed by atoms with van der Waals surface area (Å²) >= 11 is 0.644. The van der Waals surface area contributed by atoms with Gasteiger partial charge in [0.1, 0.15) is 90.0 Å². The molecule has 40 heteroatoms. The second kappa shape index (κ2) is 47.9. The highest BCUT2D eigenvalue weighted by Gasteiger charge is 2.43. The molecular weight excluding hydrogens is 1720 g/mol. The van der Waals surface area contributed by atoms with Gasteiger partial charge in [0, 0.05) is 96.6 Å². The number of carboxylic acid groups (broad SMARTS) is 1. The minimum absolute atomic E-state index is 0.0217. The number of fused-ring (bicyclic) bond motifs is 1. The molecule has 1 saturated heterocycles. The number of carbonyl (C=O) groups is 16. The molecule has 0 saturated carbocycles. The number of H-pyrrole nitrogens is 1. The number of hydrogen-bond donors (Lipinski definition) is 15. The fourth-order valence-electron chi connectivity index (χ4n) is 14.5. The topological polar surface area (TPSA) is 526 Å². The summed E-state index contributed by atoms with van der Waals surface area (Å²) < 4.78 is 44.7. The lowest BCUT2D eigenvalue weighted by Crippen LogP contribution is -2.62. The van der Waals surface area contributed by atoms with Gasteiger partial charge in [0.25, 0.3) is 0 Å². The highest BCUT2D eigenvalue weighted by Crippen LogP contribution is 2.25. The number of nitrogens with zero attached hydrogens (tertiary/aromatic N) is 5. The van der Waals surface area contributed by atoms with E-state index in [2.05, 4.69) is 52.8 Å². The summed E-state index contributed by atoms with van der Waals surface area (Å²) in [7, 11) is 5.99. The largest absolute Gasteiger partial charge is 0.508 e. The lowest BCUT2D eigenvalue weighted by molar-refractivity contribution is -0.151. The number of primary amides is 1. The first-order chi connectivity index (χ1) is 62.0. The average molecular weight is 1840 g/mol. The molecule has 0 aliphatic carbocycles. The van der Waals surface area contributed by atoms with Crippen LogP contribution in [0.4, 0.5) is 13.2 Å². The van der Waals surface area contributed by atoms with Crippen molar-refractivity contribution in [2.24, 2.45) is 17.4 Å². The van der Waals surface area contributed by atoms with Gasteiger partial charge in [-0.1, -0.05) is 117 Å². The van der Waals surface area contributed by atoms with E-state index in [1.807, 2.05) is 0 Å². The summed E-state index contributed by atoms with van der Waals surface area (Å²) in [6.45, 7) is 5.99. The van der Waals surface area contributed by atoms with E-state index in [1.54, 1.807) is 91.1 Å². The zero-order chi connectivity index (χ0) is 96.4. The number of halogens is 3. The predicted molar refractivity (Wildman–Crippen MR) is 476 cm³/mol. The molecule has 0 unspecified atom stereocenters. The maximum absolute atomic E-state index is 15.5. The highest BCUT2D eigenvalue weighted by molar-refractivity contribution is 8.00. The van der Waals surface area contributed by atoms with Gasteiger partial charge in [-0.05, 0) is 122 Å². The first kappa shape index (κ1) is 102. The Bertz CT molecular complexity index is 5250. The second-order valence-electron chi connectivity index (χ2n) is 32.5. The van der Waals surface area contributed by atoms with E-state index < -0.39 is 227 Å². The SMILES string of the molecule is CC(C)[C@@H]1NC(=O)[C@H](CC(=O)O)NC(=O)[C@@H](C)N(C)C(=O)[C@H](C)N(C)C(=O)[C@@H](Cc2ccccc2)N(C)C(=O)[C@@H](Cc2cc(F)c(F)c(F)c2)NC(=O)CSC[C@@H](C(=O)NCC(N)=O)NC(=O)[C@H](CCCN)NC(=O)[C@H](Cc2ccc(O)cc2)NC(=O)[C@H](Cc2c[nH]c3ccccc23)NC(=O)[C@H](C)N(C)C(=O)[C@@H](Cc2ccc(O)cc2)NC(=O)[C@H](Cc2ccccc2)N(C)C1=O. The van der Waals surface area contributed by atoms with Gasteiger partial charge in [-0.25, -0.2) is 13.2 Å². The molecule has 1 aliphatic heterocycles. The van der Waals surface area contributed by atoms with E-state index in [0.29, 0.717) is 62.6 Å². The number of aromatic nitrogens is 1. The quantitative estimate of drug-likeness (QED) is 0.0447. The van der Waals surface area contributed by atoms with Crippen molar-refractivity contribution < 1.29 is 105 Å². The maximum Gasteiger partial charge on any atom is 0.305 e. The van der Waals surface area contributed by atoms with Crippen LogP contribution in [0.5, 0.6) is 11.5 Å². The first-order valence-electron chi connectivity index (χ1n) is 42.2. The van der Waals surface area contributed by atoms with Gasteiger partial charge in [-0.2, -0.15) is 0 Å². The molecule has 36 nitrogen and oxygen atoms in total. The van der Waals surface area contributed by atoms with E-state index in [1.165, 1.54) is 104 Å². The van der Waals surface area contributed by atoms with Gasteiger partial charge in [-0.3, -0.25) is 76.7 Å². The molecule has 1 aromatic heterocycles. The van der Waals surface area contributed by atoms with Crippen LogP contribution in [0.1, 0.15) is 87.3 Å². The fourth-order valence-corrected chi connectivity index (χ4v) is 15.4. The number of aromatic amines is 1. The molecule has 8 rings (SSSR count). The van der Waals surface area contributed by atoms with Gasteiger partial charge in [0.05, 0.1) is 18.7 Å². The third-order valence-corrected chi connectivity index (χ3v) is 23.7. The molecule has 0 spiro atoms. The van der Waals surface area contributed by atoms with Crippen molar-refractivity contribution in [1.29, 1.82) is 0 Å². The molecular formula is C91H112F3N17O19S. The van der Waals surface area contributed by atoms with Crippen molar-refractivity contribution in [1.82, 2.24) is 77.3 Å². The summed E-state index contributed by atoms with van der Waals surface area (Å²) in [5, 5.41) is 54.7. The number of likely N-dealkylation sites (N-methyl/N-ethyl adjacent to an activating group) is 5. The van der Waals surface area contributed by atoms with Crippen LogP contribution in [-0.4, -0.2) is 278 Å². The summed E-state index contributed by atoms with van der Waals surface area (Å²) in [6, 6.07) is 13.9. The molecule has 13 atom stereocenters. The zero-order valence-corrected chi connectivity index (χ0v) is 74.8. The summed E-state index contributed by atoms with van der Waals surface area (Å²) in [5.74, 6) is -24.7. The number of rotatable bonds is 21. The van der Waals surface area contributed by atoms with Gasteiger partial charge >= 0.3 is 5.97 Å². The number of nitrogens with one attached hydrogen (secondary N) is 10. The molecule has 7 aromatic rings. The van der Waals surface area contributed by atoms with Crippen molar-refractivity contribution >= 4 is 117 Å². The van der Waals surface area contributed by atoms with Crippen LogP contribution in [0.25, 0.3) is 10.9 Å². The number of para-hydroxylation sites is 1. The number of hydrogen-bond acceptors (Lipinski definition) is 20. The third kappa shape index (κ3) is 28.8. The van der Waals surface area contributed by atoms with Crippen LogP contribution < -0.4 is 59.3 Å². The average Bonchev–Trinajstić information content (AvgIpc) is 1.79. The number of carbonyl (C=O) groups excluding carboxylic acids is 15. The van der Waals surface area contributed by atoms with Gasteiger partial charge in [0.2, 0.25) is 88.6 Å². The lowest BCUT2D eigenvalue weighted by atomic mass is 9.98. The number of aromatic hydroxyl groups is 2. The number of phenolic OH excluding ortho intramolecular Hbond substituents is 2. The first-order valence-corrected chi connectivity index (χ1v) is 43.3. The Balaban J connectivity index is 1.22. The number of phenols is 2. The zero-order valence-electron chi connectivity index (χ0n) is 74.0. The minimum atomic E-state index is -1.98. The number of amides is 15. The third-order valence-electron chi connectivity index (χ3n) is 22.7. The molecule has 131 heavy (non-hydrogen) atoms. The van der Waals surface area contributed by atoms with Gasteiger partial charge < -0.3 is 104 Å². The number of benzene rings is 6. The van der Waals surface area contributed by atoms with E-state index >= 15 is 47.1 Å². The fraction of sp³-hybridized carbons (Fsp3) is 0.407. The van der Waals surface area contributed by atoms with Crippen LogP contribution in [0.3, 0.4) is 0 Å². The van der Waals surface area contributed by atoms with Crippen molar-refractivity contribution in [3.8, 4) is 11.5 Å². The normalized spacial score (nSPS) is 22.9. The lowest BCUT2D eigenvalue weighted by Gasteiger charge is -2.36. The number of thioether (sulfide) groups is 1. The molecule has 17 N–H and O–H groups in total. The van der Waals surface area contributed by atoms with Crippen LogP contribution in [-0.2, 0) is 115 Å². The molecule has 6 aromatic carbocycles. The Labute approximate surface area is 758 Å². The smallest absolute Gasteiger partial charge is 0.305 e. The maximum atomic E-state index is 15.5. The van der Waals surface area contributed by atoms with E-state index in [4.69, 9.17) is 11.5 Å². The van der Waals surface area contributed by atoms with Crippen LogP contribution in [0.2, 0.25) is 0 Å². The van der Waals surface area contributed by atoms with Crippen LogP contribution in [0.15, 0.2) is 152 Å². The Morgan fingerprint density at radius 2 is 0.916 bits per heavy atom. The van der Waals surface area contributed by atoms with Crippen LogP contribution >= 0.6 is 11.8 Å². The number of nitrogens with two attached hydrogens (primary N) is 2.